The third kappa shape index (κ3) is 4.87. The van der Waals surface area contributed by atoms with E-state index in [2.05, 4.69) is 0 Å². The van der Waals surface area contributed by atoms with Crippen LogP contribution >= 0.6 is 0 Å². The molecular weight excluding hydrogens is 252 g/mol. The van der Waals surface area contributed by atoms with Crippen molar-refractivity contribution in [2.45, 2.75) is 19.4 Å². The fourth-order valence-electron chi connectivity index (χ4n) is 1.43. The van der Waals surface area contributed by atoms with Crippen molar-refractivity contribution in [1.29, 1.82) is 0 Å². The van der Waals surface area contributed by atoms with Crippen molar-refractivity contribution in [2.24, 2.45) is 0 Å². The number of esters is 1. The number of carbonyl (C=O) groups excluding carboxylic acids is 1. The maximum Gasteiger partial charge on any atom is 0.306 e. The molecule has 1 N–H and O–H groups in total. The van der Waals surface area contributed by atoms with Crippen molar-refractivity contribution in [3.05, 3.63) is 23.8 Å². The monoisotopic (exact) mass is 268 g/mol. The summed E-state index contributed by atoms with van der Waals surface area (Å²) in [6.45, 7) is 0.0127. The van der Waals surface area contributed by atoms with Crippen LogP contribution in [0.4, 0.5) is 0 Å². The van der Waals surface area contributed by atoms with Crippen LogP contribution in [-0.2, 0) is 20.9 Å². The number of rotatable bonds is 7. The second kappa shape index (κ2) is 7.25. The predicted molar refractivity (Wildman–Crippen MR) is 66.2 cm³/mol. The van der Waals surface area contributed by atoms with Crippen LogP contribution in [0.1, 0.15) is 18.4 Å². The van der Waals surface area contributed by atoms with Crippen LogP contribution in [0.25, 0.3) is 0 Å². The highest BCUT2D eigenvalue weighted by atomic mass is 16.5. The Labute approximate surface area is 110 Å². The highest BCUT2D eigenvalue weighted by molar-refractivity contribution is 5.76. The molecule has 1 aromatic carbocycles. The van der Waals surface area contributed by atoms with Gasteiger partial charge in [0.1, 0.15) is 18.1 Å². The molecule has 19 heavy (non-hydrogen) atoms. The van der Waals surface area contributed by atoms with Crippen LogP contribution < -0.4 is 9.47 Å². The first-order valence-electron chi connectivity index (χ1n) is 5.65. The molecule has 6 heteroatoms. The Kier molecular flexibility index (Phi) is 5.66. The lowest BCUT2D eigenvalue weighted by Gasteiger charge is -2.10. The summed E-state index contributed by atoms with van der Waals surface area (Å²) in [4.78, 5) is 21.6. The fourth-order valence-corrected chi connectivity index (χ4v) is 1.43. The van der Waals surface area contributed by atoms with Crippen LogP contribution in [0.3, 0.4) is 0 Å². The van der Waals surface area contributed by atoms with E-state index in [-0.39, 0.29) is 19.4 Å². The number of aliphatic carboxylic acids is 1. The Balaban J connectivity index is 2.60. The number of hydrogen-bond acceptors (Lipinski definition) is 5. The van der Waals surface area contributed by atoms with E-state index in [4.69, 9.17) is 19.3 Å². The van der Waals surface area contributed by atoms with E-state index in [1.165, 1.54) is 14.2 Å². The summed E-state index contributed by atoms with van der Waals surface area (Å²) in [5.74, 6) is -0.396. The number of benzene rings is 1. The van der Waals surface area contributed by atoms with Crippen molar-refractivity contribution in [1.82, 2.24) is 0 Å². The second-order valence-corrected chi connectivity index (χ2v) is 3.73. The first-order valence-corrected chi connectivity index (χ1v) is 5.65. The van der Waals surface area contributed by atoms with E-state index in [0.717, 1.165) is 0 Å². The molecule has 0 aliphatic heterocycles. The molecule has 0 saturated carbocycles. The van der Waals surface area contributed by atoms with Crippen LogP contribution in [0.15, 0.2) is 18.2 Å². The highest BCUT2D eigenvalue weighted by Crippen LogP contribution is 2.24. The lowest BCUT2D eigenvalue weighted by atomic mass is 10.2. The molecule has 0 unspecified atom stereocenters. The lowest BCUT2D eigenvalue weighted by Crippen LogP contribution is -2.08. The largest absolute Gasteiger partial charge is 0.497 e. The normalized spacial score (nSPS) is 9.79. The molecule has 0 bridgehead atoms. The molecule has 0 saturated heterocycles. The van der Waals surface area contributed by atoms with E-state index in [1.807, 2.05) is 0 Å². The molecule has 0 aromatic heterocycles. The van der Waals surface area contributed by atoms with Gasteiger partial charge < -0.3 is 19.3 Å². The van der Waals surface area contributed by atoms with Crippen LogP contribution in [0.5, 0.6) is 11.5 Å². The Hall–Kier alpha value is -2.24. The van der Waals surface area contributed by atoms with Gasteiger partial charge in [0.05, 0.1) is 27.1 Å². The molecule has 0 fully saturated rings. The molecule has 0 aliphatic rings. The Bertz CT molecular complexity index is 454. The van der Waals surface area contributed by atoms with Gasteiger partial charge in [-0.2, -0.15) is 0 Å². The van der Waals surface area contributed by atoms with Gasteiger partial charge in [0, 0.05) is 5.56 Å². The van der Waals surface area contributed by atoms with Crippen molar-refractivity contribution < 1.29 is 28.9 Å². The quantitative estimate of drug-likeness (QED) is 0.756. The number of carbonyl (C=O) groups is 2. The molecule has 6 nitrogen and oxygen atoms in total. The SMILES string of the molecule is COc1ccc(OC)c(COC(=O)CCC(=O)O)c1. The number of carboxylic acid groups (broad SMARTS) is 1. The van der Waals surface area contributed by atoms with Gasteiger partial charge in [-0.3, -0.25) is 9.59 Å². The number of carboxylic acids is 1. The minimum absolute atomic E-state index is 0.0127. The smallest absolute Gasteiger partial charge is 0.306 e. The number of methoxy groups -OCH3 is 2. The highest BCUT2D eigenvalue weighted by Gasteiger charge is 2.10. The third-order valence-corrected chi connectivity index (χ3v) is 2.42. The summed E-state index contributed by atoms with van der Waals surface area (Å²) in [7, 11) is 3.04. The summed E-state index contributed by atoms with van der Waals surface area (Å²) >= 11 is 0. The van der Waals surface area contributed by atoms with Crippen LogP contribution in [-0.4, -0.2) is 31.3 Å². The zero-order chi connectivity index (χ0) is 14.3. The van der Waals surface area contributed by atoms with Gasteiger partial charge in [-0.05, 0) is 18.2 Å². The predicted octanol–water partition coefficient (Wildman–Crippen LogP) is 1.61. The van der Waals surface area contributed by atoms with E-state index < -0.39 is 11.9 Å². The Morgan fingerprint density at radius 1 is 1.16 bits per heavy atom. The van der Waals surface area contributed by atoms with Crippen molar-refractivity contribution in [2.75, 3.05) is 14.2 Å². The minimum atomic E-state index is -1.03. The number of hydrogen-bond donors (Lipinski definition) is 1. The van der Waals surface area contributed by atoms with Gasteiger partial charge in [-0.15, -0.1) is 0 Å². The summed E-state index contributed by atoms with van der Waals surface area (Å²) in [6, 6.07) is 5.14. The fraction of sp³-hybridized carbons (Fsp3) is 0.385. The van der Waals surface area contributed by atoms with Gasteiger partial charge >= 0.3 is 11.9 Å². The molecule has 0 aliphatic carbocycles. The minimum Gasteiger partial charge on any atom is -0.497 e. The van der Waals surface area contributed by atoms with Crippen molar-refractivity contribution in [3.8, 4) is 11.5 Å². The van der Waals surface area contributed by atoms with Crippen LogP contribution in [0, 0.1) is 0 Å². The van der Waals surface area contributed by atoms with E-state index in [0.29, 0.717) is 17.1 Å². The van der Waals surface area contributed by atoms with E-state index in [1.54, 1.807) is 18.2 Å². The molecule has 0 radical (unpaired) electrons. The second-order valence-electron chi connectivity index (χ2n) is 3.73. The summed E-state index contributed by atoms with van der Waals surface area (Å²) < 4.78 is 15.2. The van der Waals surface area contributed by atoms with E-state index >= 15 is 0 Å². The zero-order valence-electron chi connectivity index (χ0n) is 10.8. The number of ether oxygens (including phenoxy) is 3. The molecule has 1 aromatic rings. The van der Waals surface area contributed by atoms with Crippen molar-refractivity contribution >= 4 is 11.9 Å². The standard InChI is InChI=1S/C13H16O6/c1-17-10-3-4-11(18-2)9(7-10)8-19-13(16)6-5-12(14)15/h3-4,7H,5-6,8H2,1-2H3,(H,14,15). The third-order valence-electron chi connectivity index (χ3n) is 2.42. The lowest BCUT2D eigenvalue weighted by molar-refractivity contribution is -0.148. The molecule has 104 valence electrons. The first-order chi connectivity index (χ1) is 9.06. The van der Waals surface area contributed by atoms with Gasteiger partial charge in [0.15, 0.2) is 0 Å². The first kappa shape index (κ1) is 14.8. The molecule has 0 amide bonds. The van der Waals surface area contributed by atoms with Gasteiger partial charge in [-0.25, -0.2) is 0 Å². The maximum absolute atomic E-state index is 11.3. The zero-order valence-corrected chi connectivity index (χ0v) is 10.8. The average Bonchev–Trinajstić information content (AvgIpc) is 2.42. The Morgan fingerprint density at radius 2 is 1.89 bits per heavy atom. The van der Waals surface area contributed by atoms with Crippen molar-refractivity contribution in [3.63, 3.8) is 0 Å². The molecule has 1 rings (SSSR count). The van der Waals surface area contributed by atoms with E-state index in [9.17, 15) is 9.59 Å². The van der Waals surface area contributed by atoms with Gasteiger partial charge in [0.2, 0.25) is 0 Å². The molecular formula is C13H16O6. The molecule has 0 heterocycles. The van der Waals surface area contributed by atoms with Gasteiger partial charge in [-0.1, -0.05) is 0 Å². The van der Waals surface area contributed by atoms with Crippen LogP contribution in [0.2, 0.25) is 0 Å². The topological polar surface area (TPSA) is 82.1 Å². The summed E-state index contributed by atoms with van der Waals surface area (Å²) in [6.07, 6.45) is -0.393. The summed E-state index contributed by atoms with van der Waals surface area (Å²) in [5, 5.41) is 8.45. The average molecular weight is 268 g/mol. The van der Waals surface area contributed by atoms with Gasteiger partial charge in [0.25, 0.3) is 0 Å². The molecule has 0 spiro atoms. The summed E-state index contributed by atoms with van der Waals surface area (Å²) in [5.41, 5.74) is 0.658. The molecule has 0 atom stereocenters. The Morgan fingerprint density at radius 3 is 2.47 bits per heavy atom. The maximum atomic E-state index is 11.3.